The van der Waals surface area contributed by atoms with Crippen LogP contribution in [-0.4, -0.2) is 0 Å². The first-order chi connectivity index (χ1) is 5.92. The van der Waals surface area contributed by atoms with Gasteiger partial charge >= 0.3 is 0 Å². The summed E-state index contributed by atoms with van der Waals surface area (Å²) >= 11 is 0. The maximum atomic E-state index is 5.35. The highest BCUT2D eigenvalue weighted by atomic mass is 16.3. The minimum absolute atomic E-state index is 0.968. The summed E-state index contributed by atoms with van der Waals surface area (Å²) < 4.78 is 5.35. The number of allylic oxidation sites excluding steroid dienone is 1. The molecule has 0 atom stereocenters. The molecular weight excluding hydrogens is 148 g/mol. The zero-order valence-corrected chi connectivity index (χ0v) is 6.95. The first kappa shape index (κ1) is 7.17. The van der Waals surface area contributed by atoms with Gasteiger partial charge in [0.15, 0.2) is 0 Å². The number of benzene rings is 1. The number of fused-ring (bicyclic) bond motifs is 1. The van der Waals surface area contributed by atoms with Gasteiger partial charge in [-0.1, -0.05) is 30.4 Å². The molecule has 1 aromatic carbocycles. The second kappa shape index (κ2) is 2.86. The molecule has 0 saturated carbocycles. The van der Waals surface area contributed by atoms with E-state index in [0.717, 1.165) is 16.5 Å². The van der Waals surface area contributed by atoms with Crippen LogP contribution in [0.2, 0.25) is 0 Å². The van der Waals surface area contributed by atoms with Crippen molar-refractivity contribution in [3.05, 3.63) is 42.2 Å². The molecular formula is C11H10O. The second-order valence-corrected chi connectivity index (χ2v) is 2.69. The third-order valence-electron chi connectivity index (χ3n) is 1.86. The van der Waals surface area contributed by atoms with Crippen molar-refractivity contribution in [1.29, 1.82) is 0 Å². The highest BCUT2D eigenvalue weighted by molar-refractivity contribution is 5.85. The minimum atomic E-state index is 0.968. The number of rotatable bonds is 1. The molecule has 2 rings (SSSR count). The Kier molecular flexibility index (Phi) is 1.71. The van der Waals surface area contributed by atoms with Gasteiger partial charge in [-0.3, -0.25) is 0 Å². The Labute approximate surface area is 71.3 Å². The maximum Gasteiger partial charge on any atom is 0.141 e. The lowest BCUT2D eigenvalue weighted by atomic mass is 10.1. The first-order valence-corrected chi connectivity index (χ1v) is 4.01. The molecule has 12 heavy (non-hydrogen) atoms. The van der Waals surface area contributed by atoms with Gasteiger partial charge in [0.2, 0.25) is 0 Å². The fourth-order valence-electron chi connectivity index (χ4n) is 1.33. The summed E-state index contributed by atoms with van der Waals surface area (Å²) in [7, 11) is 0. The smallest absolute Gasteiger partial charge is 0.141 e. The van der Waals surface area contributed by atoms with E-state index in [-0.39, 0.29) is 0 Å². The molecule has 0 unspecified atom stereocenters. The van der Waals surface area contributed by atoms with Gasteiger partial charge in [-0.25, -0.2) is 0 Å². The van der Waals surface area contributed by atoms with Gasteiger partial charge in [-0.15, -0.1) is 0 Å². The maximum absolute atomic E-state index is 5.35. The SMILES string of the molecule is CC=Cc1cccc2ccoc12. The van der Waals surface area contributed by atoms with E-state index in [9.17, 15) is 0 Å². The van der Waals surface area contributed by atoms with Crippen LogP contribution in [0.3, 0.4) is 0 Å². The second-order valence-electron chi connectivity index (χ2n) is 2.69. The Balaban J connectivity index is 2.73. The number of hydrogen-bond donors (Lipinski definition) is 0. The Morgan fingerprint density at radius 2 is 2.17 bits per heavy atom. The molecule has 0 N–H and O–H groups in total. The van der Waals surface area contributed by atoms with Crippen molar-refractivity contribution in [3.8, 4) is 0 Å². The van der Waals surface area contributed by atoms with E-state index in [1.807, 2.05) is 43.3 Å². The number of hydrogen-bond acceptors (Lipinski definition) is 1. The van der Waals surface area contributed by atoms with E-state index in [2.05, 4.69) is 0 Å². The van der Waals surface area contributed by atoms with Crippen molar-refractivity contribution in [2.24, 2.45) is 0 Å². The van der Waals surface area contributed by atoms with E-state index in [1.54, 1.807) is 6.26 Å². The molecule has 1 aromatic heterocycles. The predicted octanol–water partition coefficient (Wildman–Crippen LogP) is 3.47. The first-order valence-electron chi connectivity index (χ1n) is 4.01. The van der Waals surface area contributed by atoms with Crippen LogP contribution in [0.1, 0.15) is 12.5 Å². The van der Waals surface area contributed by atoms with Crippen molar-refractivity contribution in [3.63, 3.8) is 0 Å². The van der Waals surface area contributed by atoms with Gasteiger partial charge < -0.3 is 4.42 Å². The van der Waals surface area contributed by atoms with E-state index in [1.165, 1.54) is 0 Å². The lowest BCUT2D eigenvalue weighted by Crippen LogP contribution is -1.71. The Morgan fingerprint density at radius 3 is 3.00 bits per heavy atom. The molecule has 0 aliphatic heterocycles. The highest BCUT2D eigenvalue weighted by Crippen LogP contribution is 2.20. The average molecular weight is 158 g/mol. The molecule has 0 fully saturated rings. The molecule has 0 saturated heterocycles. The van der Waals surface area contributed by atoms with Crippen LogP contribution in [0, 0.1) is 0 Å². The zero-order chi connectivity index (χ0) is 8.39. The van der Waals surface area contributed by atoms with Gasteiger partial charge in [0.25, 0.3) is 0 Å². The standard InChI is InChI=1S/C11H10O/c1-2-4-9-5-3-6-10-7-8-12-11(9)10/h2-8H,1H3. The molecule has 0 amide bonds. The van der Waals surface area contributed by atoms with Crippen LogP contribution in [0.15, 0.2) is 41.0 Å². The largest absolute Gasteiger partial charge is 0.464 e. The van der Waals surface area contributed by atoms with Crippen LogP contribution < -0.4 is 0 Å². The Hall–Kier alpha value is -1.50. The molecule has 0 radical (unpaired) electrons. The van der Waals surface area contributed by atoms with E-state index in [0.29, 0.717) is 0 Å². The summed E-state index contributed by atoms with van der Waals surface area (Å²) in [4.78, 5) is 0. The zero-order valence-electron chi connectivity index (χ0n) is 6.95. The summed E-state index contributed by atoms with van der Waals surface area (Å²) in [6.07, 6.45) is 5.78. The monoisotopic (exact) mass is 158 g/mol. The lowest BCUT2D eigenvalue weighted by molar-refractivity contribution is 0.615. The van der Waals surface area contributed by atoms with Gasteiger partial charge in [0.05, 0.1) is 6.26 Å². The van der Waals surface area contributed by atoms with Crippen LogP contribution in [-0.2, 0) is 0 Å². The van der Waals surface area contributed by atoms with Gasteiger partial charge in [0.1, 0.15) is 5.58 Å². The van der Waals surface area contributed by atoms with Gasteiger partial charge in [-0.05, 0) is 13.0 Å². The summed E-state index contributed by atoms with van der Waals surface area (Å²) in [5.41, 5.74) is 2.11. The third kappa shape index (κ3) is 1.03. The molecule has 0 bridgehead atoms. The summed E-state index contributed by atoms with van der Waals surface area (Å²) in [5.74, 6) is 0. The Bertz CT molecular complexity index is 410. The van der Waals surface area contributed by atoms with E-state index in [4.69, 9.17) is 4.42 Å². The molecule has 1 heterocycles. The molecule has 2 aromatic rings. The predicted molar refractivity (Wildman–Crippen MR) is 50.9 cm³/mol. The van der Waals surface area contributed by atoms with E-state index < -0.39 is 0 Å². The quantitative estimate of drug-likeness (QED) is 0.619. The van der Waals surface area contributed by atoms with Crippen molar-refractivity contribution in [1.82, 2.24) is 0 Å². The van der Waals surface area contributed by atoms with Crippen molar-refractivity contribution < 1.29 is 4.42 Å². The van der Waals surface area contributed by atoms with Crippen LogP contribution in [0.25, 0.3) is 17.0 Å². The van der Waals surface area contributed by atoms with Gasteiger partial charge in [-0.2, -0.15) is 0 Å². The third-order valence-corrected chi connectivity index (χ3v) is 1.86. The molecule has 0 aliphatic rings. The van der Waals surface area contributed by atoms with Crippen molar-refractivity contribution in [2.45, 2.75) is 6.92 Å². The highest BCUT2D eigenvalue weighted by Gasteiger charge is 1.98. The number of para-hydroxylation sites is 1. The van der Waals surface area contributed by atoms with Crippen molar-refractivity contribution in [2.75, 3.05) is 0 Å². The molecule has 0 spiro atoms. The van der Waals surface area contributed by atoms with Gasteiger partial charge in [0, 0.05) is 10.9 Å². The Morgan fingerprint density at radius 1 is 1.25 bits per heavy atom. The topological polar surface area (TPSA) is 13.1 Å². The molecule has 1 heteroatoms. The summed E-state index contributed by atoms with van der Waals surface area (Å²) in [6.45, 7) is 2.00. The summed E-state index contributed by atoms with van der Waals surface area (Å²) in [5, 5.41) is 1.16. The average Bonchev–Trinajstić information content (AvgIpc) is 2.53. The summed E-state index contributed by atoms with van der Waals surface area (Å²) in [6, 6.07) is 8.10. The fraction of sp³-hybridized carbons (Fsp3) is 0.0909. The van der Waals surface area contributed by atoms with Crippen LogP contribution >= 0.6 is 0 Å². The van der Waals surface area contributed by atoms with Crippen molar-refractivity contribution >= 4 is 17.0 Å². The minimum Gasteiger partial charge on any atom is -0.464 e. The van der Waals surface area contributed by atoms with Crippen LogP contribution in [0.4, 0.5) is 0 Å². The molecule has 0 aliphatic carbocycles. The number of furan rings is 1. The normalized spacial score (nSPS) is 11.4. The molecule has 1 nitrogen and oxygen atoms in total. The van der Waals surface area contributed by atoms with E-state index >= 15 is 0 Å². The fourth-order valence-corrected chi connectivity index (χ4v) is 1.33. The van der Waals surface area contributed by atoms with Crippen LogP contribution in [0.5, 0.6) is 0 Å². The molecule has 60 valence electrons. The lowest BCUT2D eigenvalue weighted by Gasteiger charge is -1.93.